The van der Waals surface area contributed by atoms with Crippen LogP contribution < -0.4 is 5.32 Å². The summed E-state index contributed by atoms with van der Waals surface area (Å²) in [5.41, 5.74) is 1.29. The molecule has 1 aliphatic heterocycles. The van der Waals surface area contributed by atoms with Crippen molar-refractivity contribution in [2.75, 3.05) is 25.5 Å². The molecular weight excluding hydrogens is 494 g/mol. The summed E-state index contributed by atoms with van der Waals surface area (Å²) in [6, 6.07) is 13.3. The molecule has 1 atom stereocenters. The van der Waals surface area contributed by atoms with Crippen molar-refractivity contribution in [1.82, 2.24) is 19.9 Å². The van der Waals surface area contributed by atoms with E-state index in [4.69, 9.17) is 11.6 Å². The fourth-order valence-corrected chi connectivity index (χ4v) is 6.26. The summed E-state index contributed by atoms with van der Waals surface area (Å²) < 4.78 is 0. The number of pyridine rings is 1. The number of nitrogens with one attached hydrogen (secondary N) is 2. The molecule has 0 aliphatic carbocycles. The van der Waals surface area contributed by atoms with Crippen LogP contribution in [0.5, 0.6) is 0 Å². The maximum absolute atomic E-state index is 12.7. The molecule has 0 bridgehead atoms. The van der Waals surface area contributed by atoms with Gasteiger partial charge < -0.3 is 20.3 Å². The topological polar surface area (TPSA) is 94.1 Å². The molecule has 5 rings (SSSR count). The number of thiophene rings is 1. The van der Waals surface area contributed by atoms with Crippen molar-refractivity contribution in [3.63, 3.8) is 0 Å². The zero-order chi connectivity index (χ0) is 25.3. The molecule has 3 aromatic heterocycles. The Labute approximate surface area is 219 Å². The number of imidazole rings is 1. The zero-order valence-corrected chi connectivity index (χ0v) is 21.7. The highest BCUT2D eigenvalue weighted by Gasteiger charge is 2.44. The summed E-state index contributed by atoms with van der Waals surface area (Å²) >= 11 is 7.78. The molecule has 1 fully saturated rings. The monoisotopic (exact) mass is 521 g/mol. The van der Waals surface area contributed by atoms with Crippen LogP contribution >= 0.6 is 22.9 Å². The summed E-state index contributed by atoms with van der Waals surface area (Å²) in [6.45, 7) is 3.29. The zero-order valence-electron chi connectivity index (χ0n) is 20.2. The molecule has 186 valence electrons. The van der Waals surface area contributed by atoms with Crippen LogP contribution in [-0.4, -0.2) is 51.0 Å². The molecule has 3 N–H and O–H groups in total. The number of hydrogen-bond acceptors (Lipinski definition) is 6. The van der Waals surface area contributed by atoms with E-state index in [9.17, 15) is 9.90 Å². The van der Waals surface area contributed by atoms with Crippen LogP contribution in [0.15, 0.2) is 61.1 Å². The minimum Gasteiger partial charge on any atom is -0.380 e. The number of H-pyrrole nitrogens is 1. The molecule has 1 unspecified atom stereocenters. The number of aromatic nitrogens is 3. The van der Waals surface area contributed by atoms with Crippen molar-refractivity contribution in [2.45, 2.75) is 25.4 Å². The summed E-state index contributed by atoms with van der Waals surface area (Å²) in [7, 11) is 2.12. The van der Waals surface area contributed by atoms with E-state index in [1.165, 1.54) is 6.92 Å². The van der Waals surface area contributed by atoms with E-state index < -0.39 is 5.60 Å². The minimum atomic E-state index is -1.24. The average Bonchev–Trinajstić information content (AvgIpc) is 3.55. The predicted octanol–water partition coefficient (Wildman–Crippen LogP) is 5.39. The first-order valence-electron chi connectivity index (χ1n) is 11.9. The number of benzene rings is 1. The molecule has 1 saturated heterocycles. The summed E-state index contributed by atoms with van der Waals surface area (Å²) in [4.78, 5) is 27.7. The molecule has 1 aromatic carbocycles. The fraction of sp³-hybridized carbons (Fsp3) is 0.296. The number of piperidine rings is 1. The Morgan fingerprint density at radius 3 is 2.58 bits per heavy atom. The van der Waals surface area contributed by atoms with Crippen LogP contribution in [-0.2, 0) is 10.4 Å². The number of nitrogens with zero attached hydrogens (tertiary/aromatic N) is 3. The van der Waals surface area contributed by atoms with Crippen LogP contribution in [0.3, 0.4) is 0 Å². The van der Waals surface area contributed by atoms with E-state index in [-0.39, 0.29) is 11.8 Å². The lowest BCUT2D eigenvalue weighted by molar-refractivity contribution is -0.114. The quantitative estimate of drug-likeness (QED) is 0.316. The predicted molar refractivity (Wildman–Crippen MR) is 144 cm³/mol. The Hall–Kier alpha value is -3.04. The average molecular weight is 522 g/mol. The Morgan fingerprint density at radius 2 is 1.92 bits per heavy atom. The lowest BCUT2D eigenvalue weighted by Gasteiger charge is -2.41. The van der Waals surface area contributed by atoms with Crippen LogP contribution in [0.2, 0.25) is 5.02 Å². The van der Waals surface area contributed by atoms with Gasteiger partial charge in [-0.1, -0.05) is 23.7 Å². The second kappa shape index (κ2) is 10.1. The molecule has 36 heavy (non-hydrogen) atoms. The number of anilines is 1. The summed E-state index contributed by atoms with van der Waals surface area (Å²) in [6.07, 6.45) is 6.91. The fourth-order valence-electron chi connectivity index (χ4n) is 4.96. The second-order valence-electron chi connectivity index (χ2n) is 9.25. The van der Waals surface area contributed by atoms with Gasteiger partial charge in [-0.25, -0.2) is 9.97 Å². The SMILES string of the molecule is CC(=O)Nc1cc(-c2cc(C(O)(c3ccc(Cl)cc3)C3CCN(C)CC3)c(-c3ncc[nH]3)s2)ccn1. The number of aromatic amines is 1. The van der Waals surface area contributed by atoms with Gasteiger partial charge in [-0.2, -0.15) is 0 Å². The molecule has 1 aliphatic rings. The van der Waals surface area contributed by atoms with Crippen LogP contribution in [0.25, 0.3) is 21.1 Å². The molecule has 9 heteroatoms. The van der Waals surface area contributed by atoms with Gasteiger partial charge in [0.15, 0.2) is 0 Å². The number of halogens is 1. The minimum absolute atomic E-state index is 0.0124. The third-order valence-corrected chi connectivity index (χ3v) is 8.24. The van der Waals surface area contributed by atoms with E-state index in [1.807, 2.05) is 36.4 Å². The van der Waals surface area contributed by atoms with Crippen molar-refractivity contribution in [2.24, 2.45) is 5.92 Å². The summed E-state index contributed by atoms with van der Waals surface area (Å²) in [5.74, 6) is 1.02. The molecule has 4 aromatic rings. The Kier molecular flexibility index (Phi) is 6.94. The smallest absolute Gasteiger partial charge is 0.222 e. The highest BCUT2D eigenvalue weighted by atomic mass is 35.5. The highest BCUT2D eigenvalue weighted by molar-refractivity contribution is 7.19. The molecule has 7 nitrogen and oxygen atoms in total. The van der Waals surface area contributed by atoms with Crippen LogP contribution in [0, 0.1) is 5.92 Å². The highest BCUT2D eigenvalue weighted by Crippen LogP contribution is 2.49. The van der Waals surface area contributed by atoms with E-state index in [1.54, 1.807) is 29.9 Å². The molecule has 1 amide bonds. The molecule has 0 radical (unpaired) electrons. The number of hydrogen-bond donors (Lipinski definition) is 3. The maximum atomic E-state index is 12.7. The first-order valence-corrected chi connectivity index (χ1v) is 13.1. The lowest BCUT2D eigenvalue weighted by atomic mass is 9.72. The second-order valence-corrected chi connectivity index (χ2v) is 10.7. The Morgan fingerprint density at radius 1 is 1.17 bits per heavy atom. The largest absolute Gasteiger partial charge is 0.380 e. The van der Waals surface area contributed by atoms with Gasteiger partial charge in [-0.3, -0.25) is 4.79 Å². The van der Waals surface area contributed by atoms with E-state index in [2.05, 4.69) is 38.3 Å². The van der Waals surface area contributed by atoms with Crippen molar-refractivity contribution in [1.29, 1.82) is 0 Å². The van der Waals surface area contributed by atoms with Gasteiger partial charge in [0.05, 0.1) is 4.88 Å². The van der Waals surface area contributed by atoms with Gasteiger partial charge in [-0.05, 0) is 80.4 Å². The standard InChI is InChI=1S/C27H28ClN5O2S/c1-17(34)32-24-15-18(7-10-29-24)23-16-22(25(36-23)26-30-11-12-31-26)27(35,19-3-5-21(28)6-4-19)20-8-13-33(2)14-9-20/h3-7,10-12,15-16,20,35H,8-9,13-14H2,1-2H3,(H,30,31)(H,29,32,34). The van der Waals surface area contributed by atoms with Gasteiger partial charge in [-0.15, -0.1) is 11.3 Å². The number of aliphatic hydroxyl groups is 1. The van der Waals surface area contributed by atoms with Gasteiger partial charge in [0, 0.05) is 41.0 Å². The van der Waals surface area contributed by atoms with Gasteiger partial charge in [0.2, 0.25) is 5.91 Å². The van der Waals surface area contributed by atoms with Crippen molar-refractivity contribution in [3.05, 3.63) is 77.2 Å². The maximum Gasteiger partial charge on any atom is 0.222 e. The molecule has 0 spiro atoms. The van der Waals surface area contributed by atoms with Gasteiger partial charge >= 0.3 is 0 Å². The number of carbonyl (C=O) groups excluding carboxylic acids is 1. The number of carbonyl (C=O) groups is 1. The molecule has 4 heterocycles. The number of likely N-dealkylation sites (tertiary alicyclic amines) is 1. The first-order chi connectivity index (χ1) is 17.3. The third-order valence-electron chi connectivity index (χ3n) is 6.80. The van der Waals surface area contributed by atoms with E-state index in [0.717, 1.165) is 52.4 Å². The molecular formula is C27H28ClN5O2S. The number of rotatable bonds is 6. The first kappa shape index (κ1) is 24.6. The van der Waals surface area contributed by atoms with Crippen molar-refractivity contribution in [3.8, 4) is 21.1 Å². The van der Waals surface area contributed by atoms with E-state index in [0.29, 0.717) is 16.7 Å². The van der Waals surface area contributed by atoms with Crippen LogP contribution in [0.1, 0.15) is 30.9 Å². The van der Waals surface area contributed by atoms with Crippen molar-refractivity contribution >= 4 is 34.7 Å². The Balaban J connectivity index is 1.68. The summed E-state index contributed by atoms with van der Waals surface area (Å²) in [5, 5.41) is 16.1. The number of amides is 1. The Bertz CT molecular complexity index is 1350. The van der Waals surface area contributed by atoms with Gasteiger partial charge in [0.1, 0.15) is 17.2 Å². The lowest BCUT2D eigenvalue weighted by Crippen LogP contribution is -2.43. The third kappa shape index (κ3) is 4.82. The normalized spacial score (nSPS) is 16.6. The molecule has 0 saturated carbocycles. The van der Waals surface area contributed by atoms with Gasteiger partial charge in [0.25, 0.3) is 0 Å². The van der Waals surface area contributed by atoms with Crippen molar-refractivity contribution < 1.29 is 9.90 Å². The van der Waals surface area contributed by atoms with Crippen LogP contribution in [0.4, 0.5) is 5.82 Å². The van der Waals surface area contributed by atoms with E-state index >= 15 is 0 Å².